The van der Waals surface area contributed by atoms with E-state index in [9.17, 15) is 4.79 Å². The van der Waals surface area contributed by atoms with Crippen LogP contribution >= 0.6 is 0 Å². The van der Waals surface area contributed by atoms with Crippen LogP contribution in [0.3, 0.4) is 0 Å². The van der Waals surface area contributed by atoms with Crippen LogP contribution in [-0.2, 0) is 14.3 Å². The second-order valence-corrected chi connectivity index (χ2v) is 3.99. The molecule has 1 atom stereocenters. The van der Waals surface area contributed by atoms with Crippen LogP contribution in [0.25, 0.3) is 0 Å². The standard InChI is InChI=1S/C7H10O3.C7H8/c1-5(2)7(8)10-4-6-3-9-6;1-7-5-3-2-4-6-7/h6H,1,3-4H2,2H3;2-6H,1H3. The second kappa shape index (κ2) is 6.86. The molecule has 0 spiro atoms. The van der Waals surface area contributed by atoms with Gasteiger partial charge in [0.05, 0.1) is 6.61 Å². The molecule has 1 aliphatic rings. The highest BCUT2D eigenvalue weighted by Gasteiger charge is 2.24. The molecule has 3 heteroatoms. The minimum atomic E-state index is -0.337. The topological polar surface area (TPSA) is 38.8 Å². The maximum absolute atomic E-state index is 10.7. The lowest BCUT2D eigenvalue weighted by molar-refractivity contribution is -0.139. The van der Waals surface area contributed by atoms with Gasteiger partial charge in [-0.3, -0.25) is 0 Å². The average Bonchev–Trinajstić information content (AvgIpc) is 3.11. The third-order valence-corrected chi connectivity index (χ3v) is 2.09. The highest BCUT2D eigenvalue weighted by molar-refractivity contribution is 5.86. The van der Waals surface area contributed by atoms with Crippen LogP contribution in [0.5, 0.6) is 0 Å². The van der Waals surface area contributed by atoms with Crippen LogP contribution in [0.4, 0.5) is 0 Å². The first-order valence-electron chi connectivity index (χ1n) is 5.55. The molecule has 1 saturated heterocycles. The third-order valence-electron chi connectivity index (χ3n) is 2.09. The van der Waals surface area contributed by atoms with Gasteiger partial charge in [-0.15, -0.1) is 0 Å². The van der Waals surface area contributed by atoms with Gasteiger partial charge in [-0.2, -0.15) is 0 Å². The van der Waals surface area contributed by atoms with Crippen molar-refractivity contribution in [1.82, 2.24) is 0 Å². The summed E-state index contributed by atoms with van der Waals surface area (Å²) in [5.74, 6) is -0.337. The molecule has 1 fully saturated rings. The van der Waals surface area contributed by atoms with Gasteiger partial charge in [-0.25, -0.2) is 4.79 Å². The van der Waals surface area contributed by atoms with Gasteiger partial charge in [0, 0.05) is 5.57 Å². The number of esters is 1. The highest BCUT2D eigenvalue weighted by Crippen LogP contribution is 2.09. The predicted molar refractivity (Wildman–Crippen MR) is 66.7 cm³/mol. The van der Waals surface area contributed by atoms with Crippen LogP contribution in [0.1, 0.15) is 12.5 Å². The molecule has 17 heavy (non-hydrogen) atoms. The van der Waals surface area contributed by atoms with E-state index in [0.29, 0.717) is 18.8 Å². The zero-order valence-electron chi connectivity index (χ0n) is 10.3. The number of ether oxygens (including phenoxy) is 2. The van der Waals surface area contributed by atoms with E-state index in [2.05, 4.69) is 25.6 Å². The summed E-state index contributed by atoms with van der Waals surface area (Å²) in [6.07, 6.45) is 0.142. The average molecular weight is 234 g/mol. The van der Waals surface area contributed by atoms with Crippen molar-refractivity contribution in [3.05, 3.63) is 48.0 Å². The van der Waals surface area contributed by atoms with E-state index in [1.165, 1.54) is 5.56 Å². The number of rotatable bonds is 3. The number of carbonyl (C=O) groups is 1. The fraction of sp³-hybridized carbons (Fsp3) is 0.357. The van der Waals surface area contributed by atoms with Crippen molar-refractivity contribution in [1.29, 1.82) is 0 Å². The predicted octanol–water partition coefficient (Wildman–Crippen LogP) is 2.50. The summed E-state index contributed by atoms with van der Waals surface area (Å²) >= 11 is 0. The fourth-order valence-corrected chi connectivity index (χ4v) is 0.990. The molecule has 0 saturated carbocycles. The Labute approximate surface area is 102 Å². The van der Waals surface area contributed by atoms with Crippen LogP contribution in [0.15, 0.2) is 42.5 Å². The Morgan fingerprint density at radius 2 is 2.06 bits per heavy atom. The SMILES string of the molecule is C=C(C)C(=O)OCC1CO1.Cc1ccccc1. The zero-order chi connectivity index (χ0) is 12.7. The van der Waals surface area contributed by atoms with Gasteiger partial charge in [0.2, 0.25) is 0 Å². The lowest BCUT2D eigenvalue weighted by atomic mass is 10.2. The first-order chi connectivity index (χ1) is 8.09. The Bertz CT molecular complexity index is 366. The van der Waals surface area contributed by atoms with Crippen molar-refractivity contribution >= 4 is 5.97 Å². The monoisotopic (exact) mass is 234 g/mol. The number of carbonyl (C=O) groups excluding carboxylic acids is 1. The first kappa shape index (κ1) is 13.5. The van der Waals surface area contributed by atoms with Gasteiger partial charge in [-0.05, 0) is 13.8 Å². The van der Waals surface area contributed by atoms with Gasteiger partial charge in [-0.1, -0.05) is 42.5 Å². The summed E-state index contributed by atoms with van der Waals surface area (Å²) in [5, 5.41) is 0. The van der Waals surface area contributed by atoms with Crippen LogP contribution in [0, 0.1) is 6.92 Å². The van der Waals surface area contributed by atoms with E-state index >= 15 is 0 Å². The Morgan fingerprint density at radius 3 is 2.41 bits per heavy atom. The highest BCUT2D eigenvalue weighted by atomic mass is 16.6. The van der Waals surface area contributed by atoms with Gasteiger partial charge >= 0.3 is 5.97 Å². The molecule has 0 radical (unpaired) electrons. The molecule has 0 aromatic heterocycles. The number of hydrogen-bond acceptors (Lipinski definition) is 3. The summed E-state index contributed by atoms with van der Waals surface area (Å²) in [5.41, 5.74) is 1.75. The molecule has 0 amide bonds. The third kappa shape index (κ3) is 6.53. The van der Waals surface area contributed by atoms with Gasteiger partial charge in [0.25, 0.3) is 0 Å². The van der Waals surface area contributed by atoms with E-state index in [-0.39, 0.29) is 12.1 Å². The lowest BCUT2D eigenvalue weighted by Gasteiger charge is -1.99. The number of aryl methyl sites for hydroxylation is 1. The van der Waals surface area contributed by atoms with Crippen molar-refractivity contribution in [3.63, 3.8) is 0 Å². The molecule has 0 bridgehead atoms. The summed E-state index contributed by atoms with van der Waals surface area (Å²) < 4.78 is 9.60. The number of benzene rings is 1. The lowest BCUT2D eigenvalue weighted by Crippen LogP contribution is -2.09. The molecule has 3 nitrogen and oxygen atoms in total. The number of hydrogen-bond donors (Lipinski definition) is 0. The molecule has 1 aromatic carbocycles. The Hall–Kier alpha value is -1.61. The molecular formula is C14H18O3. The summed E-state index contributed by atoms with van der Waals surface area (Å²) in [7, 11) is 0. The molecule has 1 unspecified atom stereocenters. The Morgan fingerprint density at radius 1 is 1.47 bits per heavy atom. The minimum absolute atomic E-state index is 0.142. The van der Waals surface area contributed by atoms with Crippen LogP contribution in [0.2, 0.25) is 0 Å². The minimum Gasteiger partial charge on any atom is -0.459 e. The molecule has 0 aliphatic carbocycles. The van der Waals surface area contributed by atoms with Crippen molar-refractivity contribution in [2.24, 2.45) is 0 Å². The van der Waals surface area contributed by atoms with E-state index < -0.39 is 0 Å². The molecular weight excluding hydrogens is 216 g/mol. The van der Waals surface area contributed by atoms with Gasteiger partial charge < -0.3 is 9.47 Å². The van der Waals surface area contributed by atoms with E-state index in [1.54, 1.807) is 6.92 Å². The van der Waals surface area contributed by atoms with E-state index in [0.717, 1.165) is 0 Å². The summed E-state index contributed by atoms with van der Waals surface area (Å²) in [6, 6.07) is 10.3. The zero-order valence-corrected chi connectivity index (χ0v) is 10.3. The van der Waals surface area contributed by atoms with Gasteiger partial charge in [0.1, 0.15) is 12.7 Å². The first-order valence-corrected chi connectivity index (χ1v) is 5.55. The number of epoxide rings is 1. The smallest absolute Gasteiger partial charge is 0.333 e. The maximum Gasteiger partial charge on any atom is 0.333 e. The quantitative estimate of drug-likeness (QED) is 0.458. The fourth-order valence-electron chi connectivity index (χ4n) is 0.990. The van der Waals surface area contributed by atoms with Gasteiger partial charge in [0.15, 0.2) is 0 Å². The van der Waals surface area contributed by atoms with Crippen LogP contribution in [-0.4, -0.2) is 25.3 Å². The molecule has 92 valence electrons. The summed E-state index contributed by atoms with van der Waals surface area (Å²) in [6.45, 7) is 8.22. The molecule has 1 heterocycles. The Balaban J connectivity index is 0.000000181. The maximum atomic E-state index is 10.7. The van der Waals surface area contributed by atoms with Crippen molar-refractivity contribution in [2.45, 2.75) is 20.0 Å². The van der Waals surface area contributed by atoms with Crippen LogP contribution < -0.4 is 0 Å². The summed E-state index contributed by atoms with van der Waals surface area (Å²) in [4.78, 5) is 10.7. The largest absolute Gasteiger partial charge is 0.459 e. The van der Waals surface area contributed by atoms with Crippen molar-refractivity contribution < 1.29 is 14.3 Å². The normalized spacial score (nSPS) is 16.5. The molecule has 2 rings (SSSR count). The van der Waals surface area contributed by atoms with Crippen molar-refractivity contribution in [2.75, 3.05) is 13.2 Å². The second-order valence-electron chi connectivity index (χ2n) is 3.99. The van der Waals surface area contributed by atoms with E-state index in [1.807, 2.05) is 18.2 Å². The van der Waals surface area contributed by atoms with Crippen molar-refractivity contribution in [3.8, 4) is 0 Å². The molecule has 1 aliphatic heterocycles. The molecule has 1 aromatic rings. The Kier molecular flexibility index (Phi) is 5.43. The van der Waals surface area contributed by atoms with E-state index in [4.69, 9.17) is 9.47 Å². The molecule has 0 N–H and O–H groups in total.